The van der Waals surface area contributed by atoms with Crippen molar-refractivity contribution in [3.8, 4) is 28.3 Å². The number of nitrogens with one attached hydrogen (secondary N) is 1. The molecule has 5 nitrogen and oxygen atoms in total. The van der Waals surface area contributed by atoms with E-state index in [0.717, 1.165) is 33.6 Å². The van der Waals surface area contributed by atoms with E-state index in [1.165, 1.54) is 6.07 Å². The van der Waals surface area contributed by atoms with Crippen molar-refractivity contribution in [1.29, 1.82) is 0 Å². The molecule has 3 N–H and O–H groups in total. The second-order valence-corrected chi connectivity index (χ2v) is 7.90. The number of halogens is 1. The fraction of sp³-hybridized carbons (Fsp3) is 0.120. The molecule has 7 heteroatoms. The van der Waals surface area contributed by atoms with Gasteiger partial charge in [0.1, 0.15) is 5.82 Å². The number of pyridine rings is 2. The van der Waals surface area contributed by atoms with Crippen LogP contribution in [-0.4, -0.2) is 17.1 Å². The highest BCUT2D eigenvalue weighted by Crippen LogP contribution is 2.35. The highest BCUT2D eigenvalue weighted by molar-refractivity contribution is 7.80. The van der Waals surface area contributed by atoms with E-state index in [4.69, 9.17) is 15.5 Å². The molecule has 4 rings (SSSR count). The van der Waals surface area contributed by atoms with Crippen molar-refractivity contribution >= 4 is 24.0 Å². The van der Waals surface area contributed by atoms with E-state index in [2.05, 4.69) is 22.9 Å². The molecule has 0 bridgehead atoms. The van der Waals surface area contributed by atoms with Crippen LogP contribution in [0.4, 0.5) is 15.8 Å². The van der Waals surface area contributed by atoms with Gasteiger partial charge >= 0.3 is 0 Å². The van der Waals surface area contributed by atoms with Gasteiger partial charge in [-0.1, -0.05) is 12.1 Å². The molecule has 0 spiro atoms. The summed E-state index contributed by atoms with van der Waals surface area (Å²) < 4.78 is 18.9. The van der Waals surface area contributed by atoms with E-state index in [9.17, 15) is 4.39 Å². The number of ether oxygens (including phenoxy) is 1. The van der Waals surface area contributed by atoms with Gasteiger partial charge in [-0.3, -0.25) is 4.98 Å². The number of hydrogen-bond acceptors (Lipinski definition) is 6. The monoisotopic (exact) mass is 446 g/mol. The van der Waals surface area contributed by atoms with Crippen molar-refractivity contribution in [2.75, 3.05) is 18.2 Å². The number of nitrogens with two attached hydrogens (primary N) is 1. The maximum atomic E-state index is 13.8. The number of aryl methyl sites for hydroxylation is 1. The summed E-state index contributed by atoms with van der Waals surface area (Å²) in [6.07, 6.45) is 3.54. The first kappa shape index (κ1) is 21.6. The minimum absolute atomic E-state index is 0.244. The fourth-order valence-corrected chi connectivity index (χ4v) is 3.57. The van der Waals surface area contributed by atoms with Gasteiger partial charge in [-0.05, 0) is 60.0 Å². The SMILES string of the molecule is COc1ccc(CNc2cnc(-c3ccc(F)c(C)c3)c(-c3ccc(N)c(S)c3)c2)cn1. The van der Waals surface area contributed by atoms with E-state index < -0.39 is 0 Å². The molecule has 32 heavy (non-hydrogen) atoms. The van der Waals surface area contributed by atoms with Gasteiger partial charge < -0.3 is 15.8 Å². The zero-order valence-electron chi connectivity index (χ0n) is 17.8. The molecule has 0 amide bonds. The Hall–Kier alpha value is -3.58. The lowest BCUT2D eigenvalue weighted by molar-refractivity contribution is 0.397. The molecule has 0 aliphatic carbocycles. The maximum absolute atomic E-state index is 13.8. The van der Waals surface area contributed by atoms with Crippen molar-refractivity contribution in [3.05, 3.63) is 83.9 Å². The van der Waals surface area contributed by atoms with Gasteiger partial charge in [-0.15, -0.1) is 12.6 Å². The van der Waals surface area contributed by atoms with Crippen LogP contribution in [0.3, 0.4) is 0 Å². The number of hydrogen-bond donors (Lipinski definition) is 3. The van der Waals surface area contributed by atoms with Gasteiger partial charge in [-0.25, -0.2) is 9.37 Å². The topological polar surface area (TPSA) is 73.1 Å². The van der Waals surface area contributed by atoms with Crippen LogP contribution in [0.2, 0.25) is 0 Å². The van der Waals surface area contributed by atoms with Crippen LogP contribution in [-0.2, 0) is 6.54 Å². The van der Waals surface area contributed by atoms with Gasteiger partial charge in [0.25, 0.3) is 0 Å². The molecule has 0 aliphatic rings. The average Bonchev–Trinajstić information content (AvgIpc) is 2.81. The summed E-state index contributed by atoms with van der Waals surface area (Å²) in [7, 11) is 1.59. The smallest absolute Gasteiger partial charge is 0.212 e. The average molecular weight is 447 g/mol. The third kappa shape index (κ3) is 4.68. The number of aromatic nitrogens is 2. The third-order valence-electron chi connectivity index (χ3n) is 5.16. The van der Waals surface area contributed by atoms with Crippen LogP contribution >= 0.6 is 12.6 Å². The molecule has 0 radical (unpaired) electrons. The molecule has 0 saturated carbocycles. The van der Waals surface area contributed by atoms with Gasteiger partial charge in [0.2, 0.25) is 5.88 Å². The lowest BCUT2D eigenvalue weighted by Gasteiger charge is -2.14. The molecule has 0 fully saturated rings. The van der Waals surface area contributed by atoms with E-state index in [1.807, 2.05) is 36.4 Å². The molecule has 2 aromatic heterocycles. The van der Waals surface area contributed by atoms with E-state index in [0.29, 0.717) is 28.6 Å². The summed E-state index contributed by atoms with van der Waals surface area (Å²) >= 11 is 4.47. The van der Waals surface area contributed by atoms with Crippen LogP contribution < -0.4 is 15.8 Å². The van der Waals surface area contributed by atoms with Gasteiger partial charge in [0.05, 0.1) is 24.7 Å². The van der Waals surface area contributed by atoms with Crippen LogP contribution in [0.1, 0.15) is 11.1 Å². The first-order chi connectivity index (χ1) is 15.4. The molecular formula is C25H23FN4OS. The minimum atomic E-state index is -0.244. The highest BCUT2D eigenvalue weighted by Gasteiger charge is 2.13. The lowest BCUT2D eigenvalue weighted by Crippen LogP contribution is -2.02. The number of methoxy groups -OCH3 is 1. The van der Waals surface area contributed by atoms with Crippen molar-refractivity contribution in [1.82, 2.24) is 9.97 Å². The molecule has 162 valence electrons. The first-order valence-corrected chi connectivity index (χ1v) is 10.5. The lowest BCUT2D eigenvalue weighted by atomic mass is 9.97. The van der Waals surface area contributed by atoms with Crippen molar-refractivity contribution in [2.24, 2.45) is 0 Å². The third-order valence-corrected chi connectivity index (χ3v) is 5.55. The Morgan fingerprint density at radius 2 is 1.81 bits per heavy atom. The molecule has 2 aromatic carbocycles. The predicted octanol–water partition coefficient (Wildman–Crippen LogP) is 5.75. The standard InChI is InChI=1S/C25H23FN4OS/c1-15-9-18(4-6-21(15)26)25-20(17-5-7-22(27)23(32)10-17)11-19(14-30-25)28-12-16-3-8-24(31-2)29-13-16/h3-11,13-14,28,32H,12,27H2,1-2H3. The molecular weight excluding hydrogens is 423 g/mol. The Bertz CT molecular complexity index is 1260. The van der Waals surface area contributed by atoms with Crippen molar-refractivity contribution in [2.45, 2.75) is 18.4 Å². The summed E-state index contributed by atoms with van der Waals surface area (Å²) in [4.78, 5) is 9.63. The second-order valence-electron chi connectivity index (χ2n) is 7.42. The Morgan fingerprint density at radius 1 is 1.00 bits per heavy atom. The number of nitrogen functional groups attached to an aromatic ring is 1. The van der Waals surface area contributed by atoms with Gasteiger partial charge in [-0.2, -0.15) is 0 Å². The number of nitrogens with zero attached hydrogens (tertiary/aromatic N) is 2. The zero-order chi connectivity index (χ0) is 22.7. The van der Waals surface area contributed by atoms with Gasteiger partial charge in [0, 0.05) is 40.5 Å². The Labute approximate surface area is 191 Å². The number of anilines is 2. The van der Waals surface area contributed by atoms with Gasteiger partial charge in [0.15, 0.2) is 0 Å². The minimum Gasteiger partial charge on any atom is -0.481 e. The van der Waals surface area contributed by atoms with Crippen LogP contribution in [0, 0.1) is 12.7 Å². The molecule has 0 saturated heterocycles. The summed E-state index contributed by atoms with van der Waals surface area (Å²) in [5.41, 5.74) is 12.4. The molecule has 0 atom stereocenters. The number of benzene rings is 2. The normalized spacial score (nSPS) is 10.8. The summed E-state index contributed by atoms with van der Waals surface area (Å²) in [6, 6.07) is 16.5. The highest BCUT2D eigenvalue weighted by atomic mass is 32.1. The van der Waals surface area contributed by atoms with E-state index >= 15 is 0 Å². The van der Waals surface area contributed by atoms with Crippen LogP contribution in [0.5, 0.6) is 5.88 Å². The summed E-state index contributed by atoms with van der Waals surface area (Å²) in [5, 5.41) is 3.39. The maximum Gasteiger partial charge on any atom is 0.212 e. The molecule has 0 unspecified atom stereocenters. The quantitative estimate of drug-likeness (QED) is 0.260. The Morgan fingerprint density at radius 3 is 2.50 bits per heavy atom. The van der Waals surface area contributed by atoms with E-state index in [1.54, 1.807) is 38.6 Å². The second kappa shape index (κ2) is 9.28. The Kier molecular flexibility index (Phi) is 6.28. The molecule has 2 heterocycles. The summed E-state index contributed by atoms with van der Waals surface area (Å²) in [6.45, 7) is 2.32. The van der Waals surface area contributed by atoms with Crippen LogP contribution in [0.25, 0.3) is 22.4 Å². The van der Waals surface area contributed by atoms with Crippen molar-refractivity contribution in [3.63, 3.8) is 0 Å². The predicted molar refractivity (Wildman–Crippen MR) is 130 cm³/mol. The number of rotatable bonds is 6. The largest absolute Gasteiger partial charge is 0.481 e. The fourth-order valence-electron chi connectivity index (χ4n) is 3.36. The Balaban J connectivity index is 1.71. The van der Waals surface area contributed by atoms with Crippen molar-refractivity contribution < 1.29 is 9.13 Å². The van der Waals surface area contributed by atoms with E-state index in [-0.39, 0.29) is 5.82 Å². The molecule has 0 aliphatic heterocycles. The zero-order valence-corrected chi connectivity index (χ0v) is 18.7. The first-order valence-electron chi connectivity index (χ1n) is 10.0. The summed E-state index contributed by atoms with van der Waals surface area (Å²) in [5.74, 6) is 0.328. The van der Waals surface area contributed by atoms with Crippen LogP contribution in [0.15, 0.2) is 71.9 Å². The number of thiol groups is 1. The molecule has 4 aromatic rings.